The summed E-state index contributed by atoms with van der Waals surface area (Å²) in [4.78, 5) is 11.6. The van der Waals surface area contributed by atoms with Crippen LogP contribution in [-0.4, -0.2) is 27.9 Å². The summed E-state index contributed by atoms with van der Waals surface area (Å²) in [6, 6.07) is 6.33. The van der Waals surface area contributed by atoms with Crippen molar-refractivity contribution < 1.29 is 4.79 Å². The molecule has 0 fully saturated rings. The Bertz CT molecular complexity index is 655. The van der Waals surface area contributed by atoms with E-state index in [1.54, 1.807) is 0 Å². The van der Waals surface area contributed by atoms with E-state index in [9.17, 15) is 4.79 Å². The maximum Gasteiger partial charge on any atom is 0.230 e. The minimum Gasteiger partial charge on any atom is -0.353 e. The largest absolute Gasteiger partial charge is 0.353 e. The molecule has 1 amide bonds. The number of anilines is 2. The predicted octanol–water partition coefficient (Wildman–Crippen LogP) is 3.52. The number of hydrogen-bond acceptors (Lipinski definition) is 6. The van der Waals surface area contributed by atoms with Gasteiger partial charge in [0.25, 0.3) is 0 Å². The first-order valence-corrected chi connectivity index (χ1v) is 8.84. The molecule has 0 aliphatic heterocycles. The van der Waals surface area contributed by atoms with Crippen molar-refractivity contribution in [2.75, 3.05) is 11.1 Å². The maximum absolute atomic E-state index is 11.6. The van der Waals surface area contributed by atoms with Gasteiger partial charge < -0.3 is 10.6 Å². The molecule has 0 saturated carbocycles. The summed E-state index contributed by atoms with van der Waals surface area (Å²) < 4.78 is 0.783. The maximum atomic E-state index is 11.6. The number of amides is 1. The second-order valence-electron chi connectivity index (χ2n) is 5.31. The Morgan fingerprint density at radius 1 is 1.27 bits per heavy atom. The Hall–Kier alpha value is -1.60. The van der Waals surface area contributed by atoms with Crippen molar-refractivity contribution in [3.63, 3.8) is 0 Å². The van der Waals surface area contributed by atoms with E-state index in [-0.39, 0.29) is 11.9 Å². The summed E-state index contributed by atoms with van der Waals surface area (Å²) in [5.74, 6) is 0.370. The third-order valence-corrected chi connectivity index (χ3v) is 4.91. The van der Waals surface area contributed by atoms with Gasteiger partial charge in [0.05, 0.1) is 5.75 Å². The third-order valence-electron chi connectivity index (χ3n) is 2.94. The molecule has 1 aromatic carbocycles. The summed E-state index contributed by atoms with van der Waals surface area (Å²) in [5, 5.41) is 15.0. The molecule has 1 aromatic heterocycles. The van der Waals surface area contributed by atoms with Crippen molar-refractivity contribution >= 4 is 39.8 Å². The molecule has 22 heavy (non-hydrogen) atoms. The Morgan fingerprint density at radius 2 is 2.05 bits per heavy atom. The van der Waals surface area contributed by atoms with E-state index in [0.29, 0.717) is 5.75 Å². The van der Waals surface area contributed by atoms with Crippen LogP contribution in [0.4, 0.5) is 10.8 Å². The van der Waals surface area contributed by atoms with Gasteiger partial charge in [-0.25, -0.2) is 0 Å². The van der Waals surface area contributed by atoms with Gasteiger partial charge in [0.15, 0.2) is 4.34 Å². The van der Waals surface area contributed by atoms with E-state index in [0.717, 1.165) is 15.2 Å². The van der Waals surface area contributed by atoms with E-state index in [2.05, 4.69) is 46.8 Å². The van der Waals surface area contributed by atoms with Crippen molar-refractivity contribution in [1.82, 2.24) is 15.5 Å². The molecular weight excluding hydrogens is 316 g/mol. The van der Waals surface area contributed by atoms with E-state index in [1.807, 2.05) is 19.9 Å². The lowest BCUT2D eigenvalue weighted by molar-refractivity contribution is -0.119. The number of rotatable bonds is 6. The fraction of sp³-hybridized carbons (Fsp3) is 0.400. The minimum atomic E-state index is 0.0128. The molecule has 5 nitrogen and oxygen atoms in total. The molecule has 0 saturated heterocycles. The normalized spacial score (nSPS) is 10.8. The van der Waals surface area contributed by atoms with Crippen molar-refractivity contribution in [2.24, 2.45) is 0 Å². The number of nitrogens with zero attached hydrogens (tertiary/aromatic N) is 2. The first kappa shape index (κ1) is 16.8. The van der Waals surface area contributed by atoms with E-state index in [1.165, 1.54) is 34.2 Å². The number of aromatic nitrogens is 2. The molecule has 7 heteroatoms. The lowest BCUT2D eigenvalue weighted by Gasteiger charge is -2.06. The summed E-state index contributed by atoms with van der Waals surface area (Å²) in [5.41, 5.74) is 3.48. The average molecular weight is 336 g/mol. The highest BCUT2D eigenvalue weighted by molar-refractivity contribution is 8.01. The average Bonchev–Trinajstić information content (AvgIpc) is 2.88. The first-order chi connectivity index (χ1) is 10.4. The highest BCUT2D eigenvalue weighted by Gasteiger charge is 2.09. The van der Waals surface area contributed by atoms with Gasteiger partial charge in [-0.2, -0.15) is 0 Å². The topological polar surface area (TPSA) is 66.9 Å². The molecule has 0 bridgehead atoms. The summed E-state index contributed by atoms with van der Waals surface area (Å²) in [7, 11) is 0. The van der Waals surface area contributed by atoms with Gasteiger partial charge in [0.1, 0.15) is 0 Å². The van der Waals surface area contributed by atoms with Crippen LogP contribution in [0.2, 0.25) is 0 Å². The molecule has 2 rings (SSSR count). The Balaban J connectivity index is 1.91. The Labute approximate surface area is 138 Å². The number of carbonyl (C=O) groups is 1. The molecule has 0 aliphatic rings. The second kappa shape index (κ2) is 7.60. The van der Waals surface area contributed by atoms with Gasteiger partial charge in [-0.3, -0.25) is 4.79 Å². The molecule has 0 aliphatic carbocycles. The van der Waals surface area contributed by atoms with E-state index in [4.69, 9.17) is 0 Å². The van der Waals surface area contributed by atoms with Crippen LogP contribution in [-0.2, 0) is 4.79 Å². The number of benzene rings is 1. The third kappa shape index (κ3) is 4.99. The molecule has 0 spiro atoms. The lowest BCUT2D eigenvalue weighted by Crippen LogP contribution is -2.31. The molecule has 2 N–H and O–H groups in total. The van der Waals surface area contributed by atoms with Gasteiger partial charge in [-0.1, -0.05) is 29.2 Å². The molecule has 0 atom stereocenters. The second-order valence-corrected chi connectivity index (χ2v) is 7.51. The Kier molecular flexibility index (Phi) is 5.79. The first-order valence-electron chi connectivity index (χ1n) is 7.04. The molecule has 2 aromatic rings. The van der Waals surface area contributed by atoms with Gasteiger partial charge in [0, 0.05) is 11.7 Å². The number of hydrogen-bond donors (Lipinski definition) is 2. The van der Waals surface area contributed by atoms with Crippen LogP contribution in [0.25, 0.3) is 0 Å². The summed E-state index contributed by atoms with van der Waals surface area (Å²) in [6.45, 7) is 8.05. The number of nitrogens with one attached hydrogen (secondary N) is 2. The van der Waals surface area contributed by atoms with Crippen molar-refractivity contribution in [3.8, 4) is 0 Å². The molecule has 118 valence electrons. The van der Waals surface area contributed by atoms with Crippen molar-refractivity contribution in [3.05, 3.63) is 29.3 Å². The summed E-state index contributed by atoms with van der Waals surface area (Å²) in [6.07, 6.45) is 0. The fourth-order valence-corrected chi connectivity index (χ4v) is 3.34. The van der Waals surface area contributed by atoms with Crippen LogP contribution in [0.1, 0.15) is 25.0 Å². The van der Waals surface area contributed by atoms with Crippen molar-refractivity contribution in [2.45, 2.75) is 38.1 Å². The van der Waals surface area contributed by atoms with Crippen LogP contribution in [0.5, 0.6) is 0 Å². The van der Waals surface area contributed by atoms with Gasteiger partial charge in [-0.15, -0.1) is 10.2 Å². The monoisotopic (exact) mass is 336 g/mol. The van der Waals surface area contributed by atoms with E-state index >= 15 is 0 Å². The van der Waals surface area contributed by atoms with Crippen LogP contribution in [0.3, 0.4) is 0 Å². The molecular formula is C15H20N4OS2. The predicted molar refractivity (Wildman–Crippen MR) is 93.1 cm³/mol. The van der Waals surface area contributed by atoms with Gasteiger partial charge >= 0.3 is 0 Å². The van der Waals surface area contributed by atoms with Crippen LogP contribution < -0.4 is 10.6 Å². The lowest BCUT2D eigenvalue weighted by atomic mass is 10.1. The quantitative estimate of drug-likeness (QED) is 0.790. The molecule has 0 radical (unpaired) electrons. The van der Waals surface area contributed by atoms with Crippen LogP contribution in [0, 0.1) is 13.8 Å². The zero-order valence-electron chi connectivity index (χ0n) is 13.1. The molecule has 1 heterocycles. The number of carbonyl (C=O) groups excluding carboxylic acids is 1. The number of aryl methyl sites for hydroxylation is 2. The Morgan fingerprint density at radius 3 is 2.73 bits per heavy atom. The zero-order valence-corrected chi connectivity index (χ0v) is 14.8. The highest BCUT2D eigenvalue weighted by Crippen LogP contribution is 2.28. The molecule has 0 unspecified atom stereocenters. The van der Waals surface area contributed by atoms with Crippen LogP contribution in [0.15, 0.2) is 22.5 Å². The number of thioether (sulfide) groups is 1. The van der Waals surface area contributed by atoms with E-state index < -0.39 is 0 Å². The highest BCUT2D eigenvalue weighted by atomic mass is 32.2. The smallest absolute Gasteiger partial charge is 0.230 e. The SMILES string of the molecule is Cc1ccc(Nc2nnc(SCC(=O)NC(C)C)s2)cc1C. The summed E-state index contributed by atoms with van der Waals surface area (Å²) >= 11 is 2.85. The van der Waals surface area contributed by atoms with Crippen molar-refractivity contribution in [1.29, 1.82) is 0 Å². The van der Waals surface area contributed by atoms with Crippen LogP contribution >= 0.6 is 23.1 Å². The minimum absolute atomic E-state index is 0.0128. The van der Waals surface area contributed by atoms with Gasteiger partial charge in [-0.05, 0) is 51.0 Å². The van der Waals surface area contributed by atoms with Gasteiger partial charge in [0.2, 0.25) is 11.0 Å². The standard InChI is InChI=1S/C15H20N4OS2/c1-9(2)16-13(20)8-21-15-19-18-14(22-15)17-12-6-5-10(3)11(4)7-12/h5-7,9H,8H2,1-4H3,(H,16,20)(H,17,18). The zero-order chi connectivity index (χ0) is 16.1. The fourth-order valence-electron chi connectivity index (χ4n) is 1.75.